The van der Waals surface area contributed by atoms with Gasteiger partial charge in [0.25, 0.3) is 27.5 Å². The van der Waals surface area contributed by atoms with Gasteiger partial charge in [0.05, 0.1) is 16.8 Å². The fraction of sp³-hybridized carbons (Fsp3) is 0. The Bertz CT molecular complexity index is 1430. The Hall–Kier alpha value is -3.67. The lowest BCUT2D eigenvalue weighted by atomic mass is 10.1. The van der Waals surface area contributed by atoms with Crippen molar-refractivity contribution in [3.05, 3.63) is 75.0 Å². The molecule has 0 saturated carbocycles. The number of carbonyl (C=O) groups excluding carboxylic acids is 2. The summed E-state index contributed by atoms with van der Waals surface area (Å²) in [6, 6.07) is 10.6. The van der Waals surface area contributed by atoms with Crippen molar-refractivity contribution in [2.45, 2.75) is 4.90 Å². The third-order valence-electron chi connectivity index (χ3n) is 4.45. The Morgan fingerprint density at radius 2 is 1.61 bits per heavy atom. The summed E-state index contributed by atoms with van der Waals surface area (Å²) in [6.07, 6.45) is 0. The molecule has 1 aromatic heterocycles. The van der Waals surface area contributed by atoms with E-state index in [-0.39, 0.29) is 22.6 Å². The average molecular weight is 462 g/mol. The summed E-state index contributed by atoms with van der Waals surface area (Å²) in [7, 11) is -4.86. The molecule has 0 atom stereocenters. The van der Waals surface area contributed by atoms with E-state index in [4.69, 9.17) is 22.1 Å². The number of nitrogen functional groups attached to an aromatic ring is 1. The van der Waals surface area contributed by atoms with Crippen molar-refractivity contribution in [3.8, 4) is 17.2 Å². The lowest BCUT2D eigenvalue weighted by Crippen LogP contribution is -2.25. The molecule has 2 heterocycles. The standard InChI is InChI=1S/C19H12ClN3O7S/c20-9-1-3-10(4-2-9)30-11-5-6-13(14(7-11)31(27,28)29)23-15(24)8-12-16(17(23)21)19(26)22-18(12)25/h1-8H,21H2,(H,22,25,26)(H,27,28,29). The number of ether oxygens (including phenoxy) is 1. The molecule has 0 bridgehead atoms. The first-order valence-corrected chi connectivity index (χ1v) is 10.3. The van der Waals surface area contributed by atoms with Crippen molar-refractivity contribution in [1.29, 1.82) is 0 Å². The number of benzene rings is 2. The van der Waals surface area contributed by atoms with Crippen LogP contribution in [0, 0.1) is 0 Å². The van der Waals surface area contributed by atoms with Crippen LogP contribution in [-0.4, -0.2) is 29.4 Å². The van der Waals surface area contributed by atoms with Gasteiger partial charge < -0.3 is 10.5 Å². The number of hydrogen-bond donors (Lipinski definition) is 3. The lowest BCUT2D eigenvalue weighted by molar-refractivity contribution is 0.0880. The monoisotopic (exact) mass is 461 g/mol. The SMILES string of the molecule is Nc1c2c(cc(=O)n1-c1ccc(Oc3ccc(Cl)cc3)cc1S(=O)(=O)O)C(=O)NC2=O. The molecule has 4 rings (SSSR count). The van der Waals surface area contributed by atoms with Crippen LogP contribution in [0.3, 0.4) is 0 Å². The number of nitrogens with zero attached hydrogens (tertiary/aromatic N) is 1. The van der Waals surface area contributed by atoms with Gasteiger partial charge in [0.2, 0.25) is 0 Å². The molecule has 3 aromatic rings. The minimum absolute atomic E-state index is 0.0272. The summed E-state index contributed by atoms with van der Waals surface area (Å²) < 4.78 is 40.1. The fourth-order valence-corrected chi connectivity index (χ4v) is 3.93. The highest BCUT2D eigenvalue weighted by Crippen LogP contribution is 2.31. The molecule has 0 radical (unpaired) electrons. The summed E-state index contributed by atoms with van der Waals surface area (Å²) in [5, 5.41) is 2.47. The van der Waals surface area contributed by atoms with Crippen LogP contribution < -0.4 is 21.3 Å². The second-order valence-electron chi connectivity index (χ2n) is 6.44. The van der Waals surface area contributed by atoms with Gasteiger partial charge in [-0.1, -0.05) is 11.6 Å². The highest BCUT2D eigenvalue weighted by Gasteiger charge is 2.33. The lowest BCUT2D eigenvalue weighted by Gasteiger charge is -2.16. The molecule has 2 amide bonds. The van der Waals surface area contributed by atoms with Crippen LogP contribution in [0.25, 0.3) is 5.69 Å². The zero-order valence-electron chi connectivity index (χ0n) is 15.3. The molecule has 0 spiro atoms. The highest BCUT2D eigenvalue weighted by molar-refractivity contribution is 7.86. The van der Waals surface area contributed by atoms with Gasteiger partial charge in [0.15, 0.2) is 0 Å². The first-order chi connectivity index (χ1) is 14.6. The number of halogens is 1. The smallest absolute Gasteiger partial charge is 0.296 e. The largest absolute Gasteiger partial charge is 0.457 e. The summed E-state index contributed by atoms with van der Waals surface area (Å²) in [5.74, 6) is -1.72. The number of pyridine rings is 1. The first kappa shape index (κ1) is 20.6. The summed E-state index contributed by atoms with van der Waals surface area (Å²) in [5.41, 5.74) is 4.24. The van der Waals surface area contributed by atoms with Crippen molar-refractivity contribution in [2.24, 2.45) is 0 Å². The van der Waals surface area contributed by atoms with E-state index in [9.17, 15) is 27.4 Å². The molecule has 0 unspecified atom stereocenters. The van der Waals surface area contributed by atoms with Crippen LogP contribution in [0.2, 0.25) is 5.02 Å². The number of imide groups is 1. The molecule has 10 nitrogen and oxygen atoms in total. The number of anilines is 1. The van der Waals surface area contributed by atoms with Crippen molar-refractivity contribution in [1.82, 2.24) is 9.88 Å². The second kappa shape index (κ2) is 7.23. The van der Waals surface area contributed by atoms with Gasteiger partial charge in [0.1, 0.15) is 22.2 Å². The summed E-state index contributed by atoms with van der Waals surface area (Å²) >= 11 is 5.82. The summed E-state index contributed by atoms with van der Waals surface area (Å²) in [4.78, 5) is 35.7. The molecule has 1 aliphatic rings. The van der Waals surface area contributed by atoms with Crippen molar-refractivity contribution in [2.75, 3.05) is 5.73 Å². The maximum absolute atomic E-state index is 12.6. The van der Waals surface area contributed by atoms with Gasteiger partial charge in [-0.3, -0.25) is 28.8 Å². The summed E-state index contributed by atoms with van der Waals surface area (Å²) in [6.45, 7) is 0. The highest BCUT2D eigenvalue weighted by atomic mass is 35.5. The fourth-order valence-electron chi connectivity index (χ4n) is 3.12. The van der Waals surface area contributed by atoms with E-state index in [1.54, 1.807) is 24.3 Å². The van der Waals surface area contributed by atoms with Crippen LogP contribution in [0.4, 0.5) is 5.82 Å². The van der Waals surface area contributed by atoms with E-state index in [2.05, 4.69) is 0 Å². The van der Waals surface area contributed by atoms with Crippen molar-refractivity contribution in [3.63, 3.8) is 0 Å². The molecule has 31 heavy (non-hydrogen) atoms. The van der Waals surface area contributed by atoms with E-state index in [0.29, 0.717) is 15.3 Å². The minimum Gasteiger partial charge on any atom is -0.457 e. The molecule has 0 aliphatic carbocycles. The van der Waals surface area contributed by atoms with E-state index < -0.39 is 38.2 Å². The van der Waals surface area contributed by atoms with Gasteiger partial charge >= 0.3 is 0 Å². The normalized spacial score (nSPS) is 13.1. The van der Waals surface area contributed by atoms with Gasteiger partial charge in [-0.15, -0.1) is 0 Å². The minimum atomic E-state index is -4.86. The van der Waals surface area contributed by atoms with E-state index in [0.717, 1.165) is 12.1 Å². The molecule has 1 aliphatic heterocycles. The Balaban J connectivity index is 1.89. The second-order valence-corrected chi connectivity index (χ2v) is 8.26. The Kier molecular flexibility index (Phi) is 4.81. The van der Waals surface area contributed by atoms with Crippen molar-refractivity contribution >= 4 is 39.4 Å². The molecular formula is C19H12ClN3O7S. The third-order valence-corrected chi connectivity index (χ3v) is 5.59. The Morgan fingerprint density at radius 1 is 0.968 bits per heavy atom. The van der Waals surface area contributed by atoms with Crippen molar-refractivity contribution < 1.29 is 27.3 Å². The quantitative estimate of drug-likeness (QED) is 0.393. The maximum Gasteiger partial charge on any atom is 0.296 e. The van der Waals surface area contributed by atoms with Gasteiger partial charge in [-0.2, -0.15) is 8.42 Å². The zero-order valence-corrected chi connectivity index (χ0v) is 16.9. The Morgan fingerprint density at radius 3 is 2.26 bits per heavy atom. The zero-order chi connectivity index (χ0) is 22.5. The number of carbonyl (C=O) groups is 2. The molecule has 4 N–H and O–H groups in total. The van der Waals surface area contributed by atoms with E-state index in [1.165, 1.54) is 12.1 Å². The molecule has 12 heteroatoms. The predicted octanol–water partition coefficient (Wildman–Crippen LogP) is 2.00. The number of fused-ring (bicyclic) bond motifs is 1. The topological polar surface area (TPSA) is 158 Å². The Labute approximate surface area is 179 Å². The predicted molar refractivity (Wildman–Crippen MR) is 110 cm³/mol. The molecule has 158 valence electrons. The number of nitrogens with one attached hydrogen (secondary N) is 1. The average Bonchev–Trinajstić information content (AvgIpc) is 2.97. The number of rotatable bonds is 4. The van der Waals surface area contributed by atoms with Gasteiger partial charge in [0, 0.05) is 17.2 Å². The van der Waals surface area contributed by atoms with Gasteiger partial charge in [-0.25, -0.2) is 0 Å². The number of amides is 2. The third kappa shape index (κ3) is 3.65. The van der Waals surface area contributed by atoms with Crippen LogP contribution in [-0.2, 0) is 10.1 Å². The van der Waals surface area contributed by atoms with E-state index >= 15 is 0 Å². The van der Waals surface area contributed by atoms with E-state index in [1.807, 2.05) is 5.32 Å². The van der Waals surface area contributed by atoms with Crippen LogP contribution in [0.15, 0.2) is 58.2 Å². The molecule has 0 fully saturated rings. The molecule has 0 saturated heterocycles. The van der Waals surface area contributed by atoms with Gasteiger partial charge in [-0.05, 0) is 36.4 Å². The molecular weight excluding hydrogens is 450 g/mol. The maximum atomic E-state index is 12.6. The number of hydrogen-bond acceptors (Lipinski definition) is 7. The van der Waals surface area contributed by atoms with Crippen LogP contribution >= 0.6 is 11.6 Å². The molecule has 2 aromatic carbocycles. The number of aromatic nitrogens is 1. The number of nitrogens with two attached hydrogens (primary N) is 1. The van der Waals surface area contributed by atoms with Crippen LogP contribution in [0.5, 0.6) is 11.5 Å². The van der Waals surface area contributed by atoms with Crippen LogP contribution in [0.1, 0.15) is 20.7 Å². The first-order valence-electron chi connectivity index (χ1n) is 8.53.